The van der Waals surface area contributed by atoms with E-state index in [1.165, 1.54) is 0 Å². The minimum absolute atomic E-state index is 1.02. The van der Waals surface area contributed by atoms with Crippen LogP contribution in [0.3, 0.4) is 0 Å². The Morgan fingerprint density at radius 3 is 2.67 bits per heavy atom. The molecule has 0 saturated carbocycles. The predicted molar refractivity (Wildman–Crippen MR) is 52.0 cm³/mol. The molecule has 0 aliphatic rings. The molecule has 0 aliphatic carbocycles. The Morgan fingerprint density at radius 1 is 1.50 bits per heavy atom. The molecule has 0 N–H and O–H groups in total. The van der Waals surface area contributed by atoms with Gasteiger partial charge in [0.15, 0.2) is 0 Å². The maximum atomic E-state index is 4.38. The first-order valence-corrected chi connectivity index (χ1v) is 3.99. The summed E-state index contributed by atoms with van der Waals surface area (Å²) < 4.78 is 2.05. The molecule has 0 fully saturated rings. The first-order valence-electron chi connectivity index (χ1n) is 3.99. The molecule has 64 valence electrons. The number of imidazole rings is 1. The molecule has 0 radical (unpaired) electrons. The lowest BCUT2D eigenvalue weighted by Crippen LogP contribution is -2.28. The van der Waals surface area contributed by atoms with Gasteiger partial charge >= 0.3 is 0 Å². The van der Waals surface area contributed by atoms with Gasteiger partial charge in [0.05, 0.1) is 10.7 Å². The average Bonchev–Trinajstić information content (AvgIpc) is 2.33. The lowest BCUT2D eigenvalue weighted by atomic mass is 10.4. The Morgan fingerprint density at radius 2 is 2.17 bits per heavy atom. The molecule has 2 nitrogen and oxygen atoms in total. The first kappa shape index (κ1) is 8.78. The van der Waals surface area contributed by atoms with Crippen LogP contribution in [0, 0.1) is 6.92 Å². The third-order valence-corrected chi connectivity index (χ3v) is 1.94. The molecular formula is C10H14N2. The fourth-order valence-corrected chi connectivity index (χ4v) is 1.17. The molecule has 0 aliphatic heterocycles. The Labute approximate surface area is 72.6 Å². The van der Waals surface area contributed by atoms with Crippen LogP contribution in [0.1, 0.15) is 12.7 Å². The monoisotopic (exact) mass is 162 g/mol. The van der Waals surface area contributed by atoms with Gasteiger partial charge in [0.25, 0.3) is 0 Å². The number of allylic oxidation sites excluding steroid dienone is 1. The van der Waals surface area contributed by atoms with Crippen LogP contribution >= 0.6 is 0 Å². The molecule has 0 amide bonds. The van der Waals surface area contributed by atoms with E-state index in [4.69, 9.17) is 0 Å². The highest BCUT2D eigenvalue weighted by Crippen LogP contribution is 1.80. The van der Waals surface area contributed by atoms with Gasteiger partial charge in [-0.15, -0.1) is 0 Å². The summed E-state index contributed by atoms with van der Waals surface area (Å²) in [6.07, 6.45) is 5.75. The summed E-state index contributed by atoms with van der Waals surface area (Å²) in [7, 11) is 2.00. The SMILES string of the molecule is C=C/C=c1\c(=C/C)nc(C)n1C. The Balaban J connectivity index is 3.64. The normalized spacial score (nSPS) is 13.9. The van der Waals surface area contributed by atoms with Crippen molar-refractivity contribution in [2.75, 3.05) is 0 Å². The second-order valence-electron chi connectivity index (χ2n) is 2.68. The van der Waals surface area contributed by atoms with E-state index in [9.17, 15) is 0 Å². The van der Waals surface area contributed by atoms with Crippen LogP contribution in [0.15, 0.2) is 12.7 Å². The molecule has 1 aromatic heterocycles. The van der Waals surface area contributed by atoms with Crippen LogP contribution in [-0.4, -0.2) is 9.55 Å². The zero-order chi connectivity index (χ0) is 9.14. The second kappa shape index (κ2) is 3.39. The second-order valence-corrected chi connectivity index (χ2v) is 2.68. The summed E-state index contributed by atoms with van der Waals surface area (Å²) >= 11 is 0. The third kappa shape index (κ3) is 1.33. The van der Waals surface area contributed by atoms with Crippen molar-refractivity contribution in [1.82, 2.24) is 9.55 Å². The van der Waals surface area contributed by atoms with Gasteiger partial charge in [0.2, 0.25) is 0 Å². The predicted octanol–water partition coefficient (Wildman–Crippen LogP) is 0.495. The summed E-state index contributed by atoms with van der Waals surface area (Å²) in [4.78, 5) is 4.38. The highest BCUT2D eigenvalue weighted by Gasteiger charge is 1.95. The van der Waals surface area contributed by atoms with Crippen LogP contribution < -0.4 is 10.7 Å². The van der Waals surface area contributed by atoms with E-state index >= 15 is 0 Å². The van der Waals surface area contributed by atoms with Gasteiger partial charge in [-0.1, -0.05) is 18.7 Å². The molecule has 1 heterocycles. The van der Waals surface area contributed by atoms with Crippen molar-refractivity contribution >= 4 is 12.2 Å². The summed E-state index contributed by atoms with van der Waals surface area (Å²) in [5.74, 6) is 1.02. The third-order valence-electron chi connectivity index (χ3n) is 1.94. The number of aromatic nitrogens is 2. The van der Waals surface area contributed by atoms with E-state index in [-0.39, 0.29) is 0 Å². The summed E-state index contributed by atoms with van der Waals surface area (Å²) in [5.41, 5.74) is 0. The van der Waals surface area contributed by atoms with Crippen molar-refractivity contribution in [1.29, 1.82) is 0 Å². The molecule has 0 unspecified atom stereocenters. The molecule has 0 aromatic carbocycles. The molecule has 0 spiro atoms. The Kier molecular flexibility index (Phi) is 2.48. The Hall–Kier alpha value is -1.31. The van der Waals surface area contributed by atoms with Crippen LogP contribution in [0.25, 0.3) is 12.2 Å². The van der Waals surface area contributed by atoms with E-state index in [2.05, 4.69) is 16.1 Å². The standard InChI is InChI=1S/C10H14N2/c1-5-7-10-9(6-2)11-8(3)12(10)4/h5-7H,1H2,2-4H3/b9-6+,10-7+. The summed E-state index contributed by atoms with van der Waals surface area (Å²) in [6.45, 7) is 7.65. The van der Waals surface area contributed by atoms with Crippen molar-refractivity contribution < 1.29 is 0 Å². The summed E-state index contributed by atoms with van der Waals surface area (Å²) in [5, 5.41) is 2.14. The molecule has 12 heavy (non-hydrogen) atoms. The number of hydrogen-bond donors (Lipinski definition) is 0. The first-order chi connectivity index (χ1) is 5.70. The minimum Gasteiger partial charge on any atom is -0.331 e. The van der Waals surface area contributed by atoms with Gasteiger partial charge in [-0.2, -0.15) is 0 Å². The number of nitrogens with zero attached hydrogens (tertiary/aromatic N) is 2. The van der Waals surface area contributed by atoms with Crippen LogP contribution in [0.2, 0.25) is 0 Å². The van der Waals surface area contributed by atoms with Crippen molar-refractivity contribution in [3.05, 3.63) is 29.2 Å². The van der Waals surface area contributed by atoms with Crippen molar-refractivity contribution in [2.45, 2.75) is 13.8 Å². The Bertz CT molecular complexity index is 396. The van der Waals surface area contributed by atoms with Gasteiger partial charge in [0, 0.05) is 7.05 Å². The van der Waals surface area contributed by atoms with Crippen LogP contribution in [0.4, 0.5) is 0 Å². The zero-order valence-corrected chi connectivity index (χ0v) is 7.83. The molecule has 0 saturated heterocycles. The average molecular weight is 162 g/mol. The molecule has 1 aromatic rings. The van der Waals surface area contributed by atoms with E-state index in [1.807, 2.05) is 33.0 Å². The van der Waals surface area contributed by atoms with E-state index in [0.29, 0.717) is 0 Å². The zero-order valence-electron chi connectivity index (χ0n) is 7.83. The van der Waals surface area contributed by atoms with E-state index in [0.717, 1.165) is 16.5 Å². The van der Waals surface area contributed by atoms with Gasteiger partial charge < -0.3 is 4.57 Å². The minimum atomic E-state index is 1.02. The maximum absolute atomic E-state index is 4.38. The number of rotatable bonds is 1. The summed E-state index contributed by atoms with van der Waals surface area (Å²) in [6, 6.07) is 0. The van der Waals surface area contributed by atoms with Crippen LogP contribution in [0.5, 0.6) is 0 Å². The fourth-order valence-electron chi connectivity index (χ4n) is 1.17. The van der Waals surface area contributed by atoms with Gasteiger partial charge in [-0.05, 0) is 19.9 Å². The lowest BCUT2D eigenvalue weighted by Gasteiger charge is -1.91. The highest BCUT2D eigenvalue weighted by molar-refractivity contribution is 5.34. The van der Waals surface area contributed by atoms with Crippen molar-refractivity contribution in [3.8, 4) is 0 Å². The van der Waals surface area contributed by atoms with E-state index in [1.54, 1.807) is 6.08 Å². The molecule has 0 atom stereocenters. The molecule has 0 bridgehead atoms. The molecule has 2 heteroatoms. The smallest absolute Gasteiger partial charge is 0.106 e. The van der Waals surface area contributed by atoms with Gasteiger partial charge in [-0.25, -0.2) is 4.98 Å². The fraction of sp³-hybridized carbons (Fsp3) is 0.300. The van der Waals surface area contributed by atoms with Crippen molar-refractivity contribution in [3.63, 3.8) is 0 Å². The van der Waals surface area contributed by atoms with E-state index < -0.39 is 0 Å². The quantitative estimate of drug-likeness (QED) is 0.588. The highest BCUT2D eigenvalue weighted by atomic mass is 15.0. The number of hydrogen-bond acceptors (Lipinski definition) is 1. The van der Waals surface area contributed by atoms with Gasteiger partial charge in [0.1, 0.15) is 5.82 Å². The van der Waals surface area contributed by atoms with Crippen molar-refractivity contribution in [2.24, 2.45) is 7.05 Å². The lowest BCUT2D eigenvalue weighted by molar-refractivity contribution is 0.833. The molecular weight excluding hydrogens is 148 g/mol. The van der Waals surface area contributed by atoms with Crippen LogP contribution in [-0.2, 0) is 7.05 Å². The molecule has 1 rings (SSSR count). The van der Waals surface area contributed by atoms with Gasteiger partial charge in [-0.3, -0.25) is 0 Å². The largest absolute Gasteiger partial charge is 0.331 e. The topological polar surface area (TPSA) is 17.8 Å². The number of aryl methyl sites for hydroxylation is 1. The maximum Gasteiger partial charge on any atom is 0.106 e.